The number of rotatable bonds is 10. The number of aliphatic carboxylic acids is 1. The predicted molar refractivity (Wildman–Crippen MR) is 109 cm³/mol. The maximum Gasteiger partial charge on any atom is 0.304 e. The first-order chi connectivity index (χ1) is 13.5. The van der Waals surface area contributed by atoms with Gasteiger partial charge < -0.3 is 20.7 Å². The third-order valence-corrected chi connectivity index (χ3v) is 4.94. The minimum absolute atomic E-state index is 0.0440. The lowest BCUT2D eigenvalue weighted by atomic mass is 10.0. The molecule has 0 bridgehead atoms. The van der Waals surface area contributed by atoms with Crippen LogP contribution >= 0.6 is 0 Å². The van der Waals surface area contributed by atoms with Crippen molar-refractivity contribution in [2.75, 3.05) is 13.1 Å². The van der Waals surface area contributed by atoms with Crippen LogP contribution < -0.4 is 10.6 Å². The first-order valence-electron chi connectivity index (χ1n) is 9.52. The fraction of sp³-hybridized carbons (Fsp3) is 0.318. The molecule has 0 amide bonds. The largest absolute Gasteiger partial charge is 0.481 e. The van der Waals surface area contributed by atoms with Crippen LogP contribution in [0.3, 0.4) is 0 Å². The van der Waals surface area contributed by atoms with Crippen molar-refractivity contribution in [3.63, 3.8) is 0 Å². The number of carbonyl (C=O) groups is 1. The first kappa shape index (κ1) is 20.0. The summed E-state index contributed by atoms with van der Waals surface area (Å²) in [6.07, 6.45) is 2.61. The quantitative estimate of drug-likeness (QED) is 0.403. The van der Waals surface area contributed by atoms with Gasteiger partial charge in [0.15, 0.2) is 0 Å². The fourth-order valence-electron chi connectivity index (χ4n) is 3.49. The Morgan fingerprint density at radius 1 is 1.11 bits per heavy atom. The summed E-state index contributed by atoms with van der Waals surface area (Å²) < 4.78 is 13.8. The van der Waals surface area contributed by atoms with E-state index in [9.17, 15) is 14.3 Å². The van der Waals surface area contributed by atoms with Crippen molar-refractivity contribution < 1.29 is 14.3 Å². The lowest BCUT2D eigenvalue weighted by Gasteiger charge is -2.19. The third kappa shape index (κ3) is 5.18. The van der Waals surface area contributed by atoms with E-state index in [2.05, 4.69) is 15.6 Å². The van der Waals surface area contributed by atoms with Gasteiger partial charge in [-0.25, -0.2) is 4.39 Å². The Balaban J connectivity index is 1.54. The second kappa shape index (κ2) is 9.48. The zero-order chi connectivity index (χ0) is 19.9. The molecule has 0 aliphatic carbocycles. The highest BCUT2D eigenvalue weighted by molar-refractivity contribution is 5.83. The SMILES string of the molecule is CC(NCCN[C@H](CC(=O)O)Cc1c[nH]c2ccccc12)c1ccccc1F. The van der Waals surface area contributed by atoms with Crippen molar-refractivity contribution in [2.24, 2.45) is 0 Å². The molecule has 28 heavy (non-hydrogen) atoms. The summed E-state index contributed by atoms with van der Waals surface area (Å²) in [5.74, 6) is -1.05. The Morgan fingerprint density at radius 2 is 1.82 bits per heavy atom. The molecule has 0 saturated heterocycles. The Kier molecular flexibility index (Phi) is 6.79. The molecule has 1 unspecified atom stereocenters. The summed E-state index contributed by atoms with van der Waals surface area (Å²) in [5, 5.41) is 17.0. The topological polar surface area (TPSA) is 77.2 Å². The van der Waals surface area contributed by atoms with E-state index in [0.717, 1.165) is 16.5 Å². The zero-order valence-corrected chi connectivity index (χ0v) is 15.9. The number of halogens is 1. The van der Waals surface area contributed by atoms with Gasteiger partial charge in [-0.3, -0.25) is 4.79 Å². The maximum absolute atomic E-state index is 13.8. The van der Waals surface area contributed by atoms with Crippen molar-refractivity contribution in [3.8, 4) is 0 Å². The van der Waals surface area contributed by atoms with Crippen LogP contribution in [0.5, 0.6) is 0 Å². The standard InChI is InChI=1S/C22H26FN3O2/c1-15(18-6-2-4-8-20(18)23)24-10-11-25-17(13-22(27)28)12-16-14-26-21-9-5-3-7-19(16)21/h2-9,14-15,17,24-26H,10-13H2,1H3,(H,27,28)/t15?,17-/m0/s1. The van der Waals surface area contributed by atoms with Crippen molar-refractivity contribution in [1.82, 2.24) is 15.6 Å². The molecule has 0 spiro atoms. The number of aromatic nitrogens is 1. The number of hydrogen-bond acceptors (Lipinski definition) is 3. The van der Waals surface area contributed by atoms with Gasteiger partial charge in [-0.05, 0) is 31.0 Å². The normalized spacial score (nSPS) is 13.5. The molecule has 5 nitrogen and oxygen atoms in total. The molecule has 148 valence electrons. The molecule has 0 radical (unpaired) electrons. The number of H-pyrrole nitrogens is 1. The minimum atomic E-state index is -0.829. The van der Waals surface area contributed by atoms with Crippen molar-refractivity contribution in [3.05, 3.63) is 71.7 Å². The summed E-state index contributed by atoms with van der Waals surface area (Å²) in [6, 6.07) is 14.4. The molecule has 2 aromatic carbocycles. The molecule has 0 aliphatic heterocycles. The second-order valence-electron chi connectivity index (χ2n) is 7.01. The number of carboxylic acids is 1. The summed E-state index contributed by atoms with van der Waals surface area (Å²) >= 11 is 0. The van der Waals surface area contributed by atoms with Gasteiger partial charge in [-0.15, -0.1) is 0 Å². The number of aromatic amines is 1. The van der Waals surface area contributed by atoms with Crippen LogP contribution in [-0.2, 0) is 11.2 Å². The van der Waals surface area contributed by atoms with Gasteiger partial charge in [0, 0.05) is 47.8 Å². The van der Waals surface area contributed by atoms with Crippen molar-refractivity contribution >= 4 is 16.9 Å². The fourth-order valence-corrected chi connectivity index (χ4v) is 3.49. The summed E-state index contributed by atoms with van der Waals surface area (Å²) in [6.45, 7) is 3.12. The van der Waals surface area contributed by atoms with Crippen LogP contribution in [0.15, 0.2) is 54.7 Å². The average molecular weight is 383 g/mol. The number of fused-ring (bicyclic) bond motifs is 1. The van der Waals surface area contributed by atoms with E-state index < -0.39 is 5.97 Å². The zero-order valence-electron chi connectivity index (χ0n) is 15.9. The van der Waals surface area contributed by atoms with Crippen LogP contribution in [0.4, 0.5) is 4.39 Å². The lowest BCUT2D eigenvalue weighted by Crippen LogP contribution is -2.38. The van der Waals surface area contributed by atoms with E-state index in [1.807, 2.05) is 43.5 Å². The third-order valence-electron chi connectivity index (χ3n) is 4.94. The van der Waals surface area contributed by atoms with E-state index >= 15 is 0 Å². The molecule has 0 fully saturated rings. The summed E-state index contributed by atoms with van der Waals surface area (Å²) in [4.78, 5) is 14.5. The van der Waals surface area contributed by atoms with Gasteiger partial charge in [0.05, 0.1) is 6.42 Å². The highest BCUT2D eigenvalue weighted by Crippen LogP contribution is 2.20. The van der Waals surface area contributed by atoms with E-state index in [4.69, 9.17) is 0 Å². The Hall–Kier alpha value is -2.70. The molecule has 1 aromatic heterocycles. The van der Waals surface area contributed by atoms with Gasteiger partial charge >= 0.3 is 5.97 Å². The number of nitrogens with one attached hydrogen (secondary N) is 3. The minimum Gasteiger partial charge on any atom is -0.481 e. The van der Waals surface area contributed by atoms with Crippen LogP contribution in [0.1, 0.15) is 30.5 Å². The average Bonchev–Trinajstić information content (AvgIpc) is 3.08. The van der Waals surface area contributed by atoms with Crippen LogP contribution in [0.25, 0.3) is 10.9 Å². The molecule has 3 rings (SSSR count). The molecule has 6 heteroatoms. The van der Waals surface area contributed by atoms with Crippen molar-refractivity contribution in [2.45, 2.75) is 31.8 Å². The van der Waals surface area contributed by atoms with Crippen LogP contribution in [0, 0.1) is 5.82 Å². The number of benzene rings is 2. The van der Waals surface area contributed by atoms with Crippen molar-refractivity contribution in [1.29, 1.82) is 0 Å². The molecular weight excluding hydrogens is 357 g/mol. The Bertz CT molecular complexity index is 925. The van der Waals surface area contributed by atoms with Gasteiger partial charge in [0.2, 0.25) is 0 Å². The van der Waals surface area contributed by atoms with Gasteiger partial charge in [0.1, 0.15) is 5.82 Å². The monoisotopic (exact) mass is 383 g/mol. The molecule has 1 heterocycles. The molecular formula is C22H26FN3O2. The van der Waals surface area contributed by atoms with E-state index in [0.29, 0.717) is 25.1 Å². The molecule has 2 atom stereocenters. The second-order valence-corrected chi connectivity index (χ2v) is 7.01. The highest BCUT2D eigenvalue weighted by atomic mass is 19.1. The molecule has 4 N–H and O–H groups in total. The molecule has 0 saturated carbocycles. The van der Waals surface area contributed by atoms with E-state index in [1.165, 1.54) is 6.07 Å². The van der Waals surface area contributed by atoms with E-state index in [1.54, 1.807) is 12.1 Å². The lowest BCUT2D eigenvalue weighted by molar-refractivity contribution is -0.137. The Labute approximate surface area is 164 Å². The van der Waals surface area contributed by atoms with E-state index in [-0.39, 0.29) is 24.3 Å². The summed E-state index contributed by atoms with van der Waals surface area (Å²) in [7, 11) is 0. The van der Waals surface area contributed by atoms with Gasteiger partial charge in [-0.2, -0.15) is 0 Å². The van der Waals surface area contributed by atoms with Crippen LogP contribution in [-0.4, -0.2) is 35.2 Å². The molecule has 3 aromatic rings. The Morgan fingerprint density at radius 3 is 2.61 bits per heavy atom. The molecule has 0 aliphatic rings. The van der Waals surface area contributed by atoms with Gasteiger partial charge in [0.25, 0.3) is 0 Å². The maximum atomic E-state index is 13.8. The highest BCUT2D eigenvalue weighted by Gasteiger charge is 2.16. The number of para-hydroxylation sites is 1. The number of carboxylic acid groups (broad SMARTS) is 1. The predicted octanol–water partition coefficient (Wildman–Crippen LogP) is 3.63. The van der Waals surface area contributed by atoms with Crippen LogP contribution in [0.2, 0.25) is 0 Å². The summed E-state index contributed by atoms with van der Waals surface area (Å²) in [5.41, 5.74) is 2.78. The number of hydrogen-bond donors (Lipinski definition) is 4. The van der Waals surface area contributed by atoms with Gasteiger partial charge in [-0.1, -0.05) is 36.4 Å². The smallest absolute Gasteiger partial charge is 0.304 e. The first-order valence-corrected chi connectivity index (χ1v) is 9.52.